The van der Waals surface area contributed by atoms with Crippen LogP contribution in [0.4, 0.5) is 0 Å². The van der Waals surface area contributed by atoms with Crippen molar-refractivity contribution in [3.63, 3.8) is 0 Å². The predicted octanol–water partition coefficient (Wildman–Crippen LogP) is 1.69. The van der Waals surface area contributed by atoms with E-state index in [1.807, 2.05) is 0 Å². The first-order chi connectivity index (χ1) is 7.70. The van der Waals surface area contributed by atoms with Gasteiger partial charge in [0.15, 0.2) is 6.29 Å². The Hall–Kier alpha value is -0.160. The van der Waals surface area contributed by atoms with Crippen LogP contribution in [0.5, 0.6) is 0 Å². The molecule has 0 aliphatic carbocycles. The second-order valence-electron chi connectivity index (χ2n) is 4.00. The second kappa shape index (κ2) is 11.3. The lowest BCUT2D eigenvalue weighted by Gasteiger charge is -2.16. The zero-order valence-corrected chi connectivity index (χ0v) is 10.5. The van der Waals surface area contributed by atoms with Gasteiger partial charge in [0.2, 0.25) is 0 Å². The molecule has 2 atom stereocenters. The molecule has 0 saturated carbocycles. The fourth-order valence-corrected chi connectivity index (χ4v) is 1.20. The number of ether oxygens (including phenoxy) is 2. The fourth-order valence-electron chi connectivity index (χ4n) is 1.20. The summed E-state index contributed by atoms with van der Waals surface area (Å²) < 4.78 is 10.4. The first kappa shape index (κ1) is 15.8. The van der Waals surface area contributed by atoms with Gasteiger partial charge in [0.05, 0.1) is 12.7 Å². The van der Waals surface area contributed by atoms with Gasteiger partial charge in [-0.1, -0.05) is 26.7 Å². The van der Waals surface area contributed by atoms with E-state index in [1.54, 1.807) is 0 Å². The number of hydrogen-bond donors (Lipinski definition) is 2. The Morgan fingerprint density at radius 3 is 2.25 bits per heavy atom. The van der Waals surface area contributed by atoms with E-state index in [-0.39, 0.29) is 13.0 Å². The Bertz CT molecular complexity index is 141. The first-order valence-electron chi connectivity index (χ1n) is 6.26. The molecule has 4 nitrogen and oxygen atoms in total. The smallest absolute Gasteiger partial charge is 0.157 e. The molecule has 0 fully saturated rings. The lowest BCUT2D eigenvalue weighted by atomic mass is 10.2. The lowest BCUT2D eigenvalue weighted by Crippen LogP contribution is -2.24. The molecular weight excluding hydrogens is 208 g/mol. The summed E-state index contributed by atoms with van der Waals surface area (Å²) in [7, 11) is 0. The van der Waals surface area contributed by atoms with Gasteiger partial charge in [0.1, 0.15) is 0 Å². The molecule has 2 unspecified atom stereocenters. The van der Waals surface area contributed by atoms with Crippen molar-refractivity contribution in [2.24, 2.45) is 0 Å². The van der Waals surface area contributed by atoms with Crippen molar-refractivity contribution in [1.82, 2.24) is 0 Å². The van der Waals surface area contributed by atoms with E-state index in [2.05, 4.69) is 13.8 Å². The van der Waals surface area contributed by atoms with Gasteiger partial charge in [-0.05, 0) is 12.8 Å². The van der Waals surface area contributed by atoms with E-state index in [0.717, 1.165) is 25.7 Å². The van der Waals surface area contributed by atoms with Crippen LogP contribution in [-0.4, -0.2) is 42.4 Å². The molecule has 0 aromatic carbocycles. The van der Waals surface area contributed by atoms with Gasteiger partial charge in [-0.15, -0.1) is 0 Å². The van der Waals surface area contributed by atoms with Crippen LogP contribution in [0, 0.1) is 0 Å². The number of aliphatic hydroxyl groups is 2. The highest BCUT2D eigenvalue weighted by Gasteiger charge is 2.11. The third-order valence-electron chi connectivity index (χ3n) is 2.23. The summed E-state index contributed by atoms with van der Waals surface area (Å²) in [6.07, 6.45) is 2.75. The Balaban J connectivity index is 3.35. The molecule has 0 aromatic rings. The molecule has 0 saturated heterocycles. The lowest BCUT2D eigenvalue weighted by molar-refractivity contribution is -0.126. The van der Waals surface area contributed by atoms with Crippen molar-refractivity contribution in [2.45, 2.75) is 58.3 Å². The summed E-state index contributed by atoms with van der Waals surface area (Å²) in [6.45, 7) is 5.63. The van der Waals surface area contributed by atoms with Crippen LogP contribution in [0.3, 0.4) is 0 Å². The largest absolute Gasteiger partial charge is 0.391 e. The molecule has 0 radical (unpaired) electrons. The van der Waals surface area contributed by atoms with Crippen LogP contribution >= 0.6 is 0 Å². The van der Waals surface area contributed by atoms with Crippen LogP contribution < -0.4 is 0 Å². The van der Waals surface area contributed by atoms with E-state index >= 15 is 0 Å². The van der Waals surface area contributed by atoms with Crippen LogP contribution in [0.2, 0.25) is 0 Å². The quantitative estimate of drug-likeness (QED) is 0.422. The zero-order chi connectivity index (χ0) is 12.2. The highest BCUT2D eigenvalue weighted by Crippen LogP contribution is 2.02. The molecule has 4 heteroatoms. The van der Waals surface area contributed by atoms with Crippen molar-refractivity contribution < 1.29 is 19.7 Å². The Morgan fingerprint density at radius 1 is 1.00 bits per heavy atom. The molecule has 2 N–H and O–H groups in total. The topological polar surface area (TPSA) is 58.9 Å². The minimum absolute atomic E-state index is 0.218. The van der Waals surface area contributed by atoms with Gasteiger partial charge in [-0.25, -0.2) is 0 Å². The average Bonchev–Trinajstić information content (AvgIpc) is 2.25. The van der Waals surface area contributed by atoms with E-state index in [0.29, 0.717) is 13.2 Å². The van der Waals surface area contributed by atoms with Gasteiger partial charge in [0.25, 0.3) is 0 Å². The minimum Gasteiger partial charge on any atom is -0.391 e. The summed E-state index contributed by atoms with van der Waals surface area (Å²) in [5.74, 6) is 0. The molecule has 98 valence electrons. The fraction of sp³-hybridized carbons (Fsp3) is 1.00. The molecule has 0 aliphatic heterocycles. The van der Waals surface area contributed by atoms with Crippen molar-refractivity contribution in [3.05, 3.63) is 0 Å². The van der Waals surface area contributed by atoms with Gasteiger partial charge >= 0.3 is 0 Å². The SMILES string of the molecule is CCCCOCC(O)CC(O)OCCCC. The minimum atomic E-state index is -0.878. The number of unbranched alkanes of at least 4 members (excludes halogenated alkanes) is 2. The average molecular weight is 234 g/mol. The van der Waals surface area contributed by atoms with E-state index < -0.39 is 12.4 Å². The Labute approximate surface area is 98.6 Å². The van der Waals surface area contributed by atoms with E-state index in [1.165, 1.54) is 0 Å². The number of rotatable bonds is 11. The first-order valence-corrected chi connectivity index (χ1v) is 6.26. The second-order valence-corrected chi connectivity index (χ2v) is 4.00. The summed E-state index contributed by atoms with van der Waals surface area (Å²) in [4.78, 5) is 0. The van der Waals surface area contributed by atoms with Crippen LogP contribution in [0.25, 0.3) is 0 Å². The molecule has 0 aliphatic rings. The molecule has 0 bridgehead atoms. The molecule has 0 aromatic heterocycles. The van der Waals surface area contributed by atoms with Gasteiger partial charge in [-0.3, -0.25) is 0 Å². The van der Waals surface area contributed by atoms with Crippen molar-refractivity contribution in [1.29, 1.82) is 0 Å². The van der Waals surface area contributed by atoms with Crippen molar-refractivity contribution in [3.8, 4) is 0 Å². The maximum absolute atomic E-state index is 9.51. The highest BCUT2D eigenvalue weighted by molar-refractivity contribution is 4.56. The normalized spacial score (nSPS) is 15.0. The molecule has 0 spiro atoms. The highest BCUT2D eigenvalue weighted by atomic mass is 16.6. The van der Waals surface area contributed by atoms with E-state index in [9.17, 15) is 10.2 Å². The molecule has 0 rings (SSSR count). The summed E-state index contributed by atoms with van der Waals surface area (Å²) in [5.41, 5.74) is 0. The summed E-state index contributed by atoms with van der Waals surface area (Å²) in [5, 5.41) is 18.9. The molecule has 16 heavy (non-hydrogen) atoms. The van der Waals surface area contributed by atoms with E-state index in [4.69, 9.17) is 9.47 Å². The Morgan fingerprint density at radius 2 is 1.62 bits per heavy atom. The third kappa shape index (κ3) is 10.4. The maximum atomic E-state index is 9.51. The predicted molar refractivity (Wildman–Crippen MR) is 63.2 cm³/mol. The summed E-state index contributed by atoms with van der Waals surface area (Å²) in [6, 6.07) is 0. The van der Waals surface area contributed by atoms with Crippen LogP contribution in [0.1, 0.15) is 46.0 Å². The zero-order valence-electron chi connectivity index (χ0n) is 10.5. The van der Waals surface area contributed by atoms with Gasteiger partial charge in [0, 0.05) is 19.6 Å². The standard InChI is InChI=1S/C12H26O4/c1-3-5-7-15-10-11(13)9-12(14)16-8-6-4-2/h11-14H,3-10H2,1-2H3. The monoisotopic (exact) mass is 234 g/mol. The van der Waals surface area contributed by atoms with Gasteiger partial charge < -0.3 is 19.7 Å². The van der Waals surface area contributed by atoms with Crippen LogP contribution in [0.15, 0.2) is 0 Å². The maximum Gasteiger partial charge on any atom is 0.157 e. The van der Waals surface area contributed by atoms with Gasteiger partial charge in [-0.2, -0.15) is 0 Å². The number of hydrogen-bond acceptors (Lipinski definition) is 4. The number of aliphatic hydroxyl groups excluding tert-OH is 2. The van der Waals surface area contributed by atoms with Crippen LogP contribution in [-0.2, 0) is 9.47 Å². The molecule has 0 amide bonds. The Kier molecular flexibility index (Phi) is 11.2. The van der Waals surface area contributed by atoms with Crippen molar-refractivity contribution >= 4 is 0 Å². The summed E-state index contributed by atoms with van der Waals surface area (Å²) >= 11 is 0. The third-order valence-corrected chi connectivity index (χ3v) is 2.23. The molecular formula is C12H26O4. The van der Waals surface area contributed by atoms with Crippen molar-refractivity contribution in [2.75, 3.05) is 19.8 Å². The molecule has 0 heterocycles.